The van der Waals surface area contributed by atoms with E-state index in [4.69, 9.17) is 5.11 Å². The van der Waals surface area contributed by atoms with E-state index < -0.39 is 6.09 Å². The molecule has 4 rings (SSSR count). The number of rotatable bonds is 2. The Morgan fingerprint density at radius 1 is 1.08 bits per heavy atom. The predicted molar refractivity (Wildman–Crippen MR) is 98.2 cm³/mol. The van der Waals surface area contributed by atoms with Crippen molar-refractivity contribution in [2.45, 2.75) is 82.0 Å². The smallest absolute Gasteiger partial charge is 0.407 e. The number of nitrogens with one attached hydrogen (secondary N) is 1. The fraction of sp³-hybridized carbons (Fsp3) is 0.895. The van der Waals surface area contributed by atoms with Gasteiger partial charge in [-0.15, -0.1) is 0 Å². The maximum absolute atomic E-state index is 12.5. The van der Waals surface area contributed by atoms with Gasteiger partial charge in [0.25, 0.3) is 0 Å². The van der Waals surface area contributed by atoms with Gasteiger partial charge in [-0.25, -0.2) is 9.59 Å². The molecular formula is C19H32N4O3. The van der Waals surface area contributed by atoms with E-state index in [1.54, 1.807) is 0 Å². The highest BCUT2D eigenvalue weighted by atomic mass is 16.4. The lowest BCUT2D eigenvalue weighted by Crippen LogP contribution is -2.58. The lowest BCUT2D eigenvalue weighted by molar-refractivity contribution is 0.00447. The Bertz CT molecular complexity index is 553. The molecule has 146 valence electrons. The SMILES string of the molecule is CC1(N2CCC(N3C(=O)N[C@H]4CCCC[C@@H]43)CC2)CCN(C(=O)O)CC1. The monoisotopic (exact) mass is 364 g/mol. The van der Waals surface area contributed by atoms with E-state index in [-0.39, 0.29) is 11.6 Å². The third-order valence-corrected chi connectivity index (χ3v) is 7.36. The molecule has 1 aliphatic carbocycles. The van der Waals surface area contributed by atoms with Gasteiger partial charge in [0.15, 0.2) is 0 Å². The van der Waals surface area contributed by atoms with Gasteiger partial charge in [0.05, 0.1) is 12.1 Å². The third kappa shape index (κ3) is 3.15. The minimum atomic E-state index is -0.798. The van der Waals surface area contributed by atoms with Crippen molar-refractivity contribution in [3.8, 4) is 0 Å². The van der Waals surface area contributed by atoms with Gasteiger partial charge in [0.1, 0.15) is 0 Å². The first-order valence-corrected chi connectivity index (χ1v) is 10.3. The van der Waals surface area contributed by atoms with Crippen molar-refractivity contribution in [1.29, 1.82) is 0 Å². The van der Waals surface area contributed by atoms with Crippen molar-refractivity contribution in [3.63, 3.8) is 0 Å². The summed E-state index contributed by atoms with van der Waals surface area (Å²) in [7, 11) is 0. The molecule has 3 aliphatic heterocycles. The van der Waals surface area contributed by atoms with Gasteiger partial charge in [-0.2, -0.15) is 0 Å². The van der Waals surface area contributed by atoms with Crippen LogP contribution in [-0.2, 0) is 0 Å². The molecule has 1 saturated carbocycles. The van der Waals surface area contributed by atoms with Crippen LogP contribution in [0.2, 0.25) is 0 Å². The largest absolute Gasteiger partial charge is 0.465 e. The van der Waals surface area contributed by atoms with Gasteiger partial charge in [-0.3, -0.25) is 4.90 Å². The van der Waals surface area contributed by atoms with Crippen molar-refractivity contribution in [1.82, 2.24) is 20.0 Å². The summed E-state index contributed by atoms with van der Waals surface area (Å²) in [4.78, 5) is 29.9. The Morgan fingerprint density at radius 2 is 1.73 bits per heavy atom. The molecule has 3 saturated heterocycles. The number of fused-ring (bicyclic) bond motifs is 1. The Labute approximate surface area is 155 Å². The van der Waals surface area contributed by atoms with Gasteiger partial charge in [-0.05, 0) is 45.4 Å². The maximum atomic E-state index is 12.5. The van der Waals surface area contributed by atoms with Crippen LogP contribution in [0.4, 0.5) is 9.59 Å². The van der Waals surface area contributed by atoms with Crippen molar-refractivity contribution in [2.75, 3.05) is 26.2 Å². The second-order valence-electron chi connectivity index (χ2n) is 8.80. The van der Waals surface area contributed by atoms with Crippen LogP contribution < -0.4 is 5.32 Å². The first kappa shape index (κ1) is 17.9. The highest BCUT2D eigenvalue weighted by Crippen LogP contribution is 2.35. The molecule has 0 aromatic carbocycles. The van der Waals surface area contributed by atoms with Crippen molar-refractivity contribution >= 4 is 12.1 Å². The van der Waals surface area contributed by atoms with E-state index in [1.165, 1.54) is 17.7 Å². The minimum absolute atomic E-state index is 0.0948. The fourth-order valence-electron chi connectivity index (χ4n) is 5.61. The summed E-state index contributed by atoms with van der Waals surface area (Å²) in [5.74, 6) is 0. The van der Waals surface area contributed by atoms with Crippen molar-refractivity contribution < 1.29 is 14.7 Å². The highest BCUT2D eigenvalue weighted by molar-refractivity contribution is 5.78. The molecule has 0 spiro atoms. The lowest BCUT2D eigenvalue weighted by atomic mass is 9.85. The summed E-state index contributed by atoms with van der Waals surface area (Å²) in [6.07, 6.45) is 7.83. The van der Waals surface area contributed by atoms with Gasteiger partial charge in [0, 0.05) is 37.8 Å². The summed E-state index contributed by atoms with van der Waals surface area (Å²) in [6.45, 7) is 5.56. The highest BCUT2D eigenvalue weighted by Gasteiger charge is 2.46. The number of piperidine rings is 2. The van der Waals surface area contributed by atoms with Crippen LogP contribution in [0.3, 0.4) is 0 Å². The zero-order valence-corrected chi connectivity index (χ0v) is 15.8. The van der Waals surface area contributed by atoms with E-state index in [2.05, 4.69) is 22.0 Å². The van der Waals surface area contributed by atoms with Crippen LogP contribution in [0.15, 0.2) is 0 Å². The number of urea groups is 1. The molecule has 26 heavy (non-hydrogen) atoms. The topological polar surface area (TPSA) is 76.1 Å². The molecule has 2 atom stereocenters. The Hall–Kier alpha value is -1.50. The van der Waals surface area contributed by atoms with E-state index in [0.717, 1.165) is 51.6 Å². The number of hydrogen-bond donors (Lipinski definition) is 2. The van der Waals surface area contributed by atoms with Gasteiger partial charge in [-0.1, -0.05) is 12.8 Å². The summed E-state index contributed by atoms with van der Waals surface area (Å²) in [5, 5.41) is 12.4. The number of carbonyl (C=O) groups is 2. The molecule has 2 N–H and O–H groups in total. The molecule has 3 heterocycles. The molecule has 0 radical (unpaired) electrons. The molecule has 0 aromatic heterocycles. The summed E-state index contributed by atoms with van der Waals surface area (Å²) >= 11 is 0. The molecule has 7 heteroatoms. The Kier molecular flexibility index (Phi) is 4.75. The van der Waals surface area contributed by atoms with Crippen LogP contribution >= 0.6 is 0 Å². The van der Waals surface area contributed by atoms with Gasteiger partial charge < -0.3 is 20.2 Å². The average molecular weight is 364 g/mol. The van der Waals surface area contributed by atoms with Crippen LogP contribution in [0.25, 0.3) is 0 Å². The molecule has 4 fully saturated rings. The number of amides is 3. The van der Waals surface area contributed by atoms with Gasteiger partial charge in [0.2, 0.25) is 0 Å². The van der Waals surface area contributed by atoms with Crippen LogP contribution in [0, 0.1) is 0 Å². The third-order valence-electron chi connectivity index (χ3n) is 7.36. The molecule has 0 bridgehead atoms. The van der Waals surface area contributed by atoms with Crippen LogP contribution in [0.5, 0.6) is 0 Å². The normalized spacial score (nSPS) is 33.0. The first-order valence-electron chi connectivity index (χ1n) is 10.3. The molecule has 0 unspecified atom stereocenters. The molecule has 3 amide bonds. The molecule has 0 aromatic rings. The Morgan fingerprint density at radius 3 is 2.38 bits per heavy atom. The van der Waals surface area contributed by atoms with Gasteiger partial charge >= 0.3 is 12.1 Å². The quantitative estimate of drug-likeness (QED) is 0.788. The molecule has 7 nitrogen and oxygen atoms in total. The zero-order valence-electron chi connectivity index (χ0n) is 15.8. The summed E-state index contributed by atoms with van der Waals surface area (Å²) in [5.41, 5.74) is 0.0948. The van der Waals surface area contributed by atoms with Crippen LogP contribution in [-0.4, -0.2) is 81.8 Å². The van der Waals surface area contributed by atoms with E-state index >= 15 is 0 Å². The number of nitrogens with zero attached hydrogens (tertiary/aromatic N) is 3. The second kappa shape index (κ2) is 6.91. The molecule has 4 aliphatic rings. The minimum Gasteiger partial charge on any atom is -0.465 e. The average Bonchev–Trinajstić information content (AvgIpc) is 2.98. The summed E-state index contributed by atoms with van der Waals surface area (Å²) in [6, 6.07) is 1.29. The van der Waals surface area contributed by atoms with Crippen molar-refractivity contribution in [2.24, 2.45) is 0 Å². The summed E-state index contributed by atoms with van der Waals surface area (Å²) < 4.78 is 0. The lowest BCUT2D eigenvalue weighted by Gasteiger charge is -2.50. The molecular weight excluding hydrogens is 332 g/mol. The number of carboxylic acid groups (broad SMARTS) is 1. The zero-order chi connectivity index (χ0) is 18.3. The Balaban J connectivity index is 1.34. The van der Waals surface area contributed by atoms with E-state index in [0.29, 0.717) is 31.2 Å². The second-order valence-corrected chi connectivity index (χ2v) is 8.80. The van der Waals surface area contributed by atoms with Crippen LogP contribution in [0.1, 0.15) is 58.3 Å². The van der Waals surface area contributed by atoms with E-state index in [1.807, 2.05) is 0 Å². The first-order chi connectivity index (χ1) is 12.5. The predicted octanol–water partition coefficient (Wildman–Crippen LogP) is 2.32. The fourth-order valence-corrected chi connectivity index (χ4v) is 5.61. The number of carbonyl (C=O) groups excluding carboxylic acids is 1. The van der Waals surface area contributed by atoms with E-state index in [9.17, 15) is 9.59 Å². The standard InChI is InChI=1S/C19H32N4O3/c1-19(8-12-21(13-9-19)18(25)26)22-10-6-14(7-11-22)23-16-5-3-2-4-15(16)20-17(23)24/h14-16H,2-13H2,1H3,(H,20,24)(H,25,26)/t15-,16-/m0/s1. The maximum Gasteiger partial charge on any atom is 0.407 e. The number of likely N-dealkylation sites (tertiary alicyclic amines) is 2. The van der Waals surface area contributed by atoms with Crippen molar-refractivity contribution in [3.05, 3.63) is 0 Å². The number of hydrogen-bond acceptors (Lipinski definition) is 3.